The summed E-state index contributed by atoms with van der Waals surface area (Å²) in [4.78, 5) is 0. The molecule has 0 aromatic heterocycles. The highest BCUT2D eigenvalue weighted by Gasteiger charge is 2.28. The fourth-order valence-corrected chi connectivity index (χ4v) is 2.83. The van der Waals surface area contributed by atoms with Crippen molar-refractivity contribution in [3.05, 3.63) is 18.2 Å². The molecule has 0 spiro atoms. The molecule has 3 rings (SSSR count). The van der Waals surface area contributed by atoms with E-state index in [1.807, 2.05) is 12.1 Å². The number of fused-ring (bicyclic) bond motifs is 1. The summed E-state index contributed by atoms with van der Waals surface area (Å²) in [7, 11) is 1.61. The van der Waals surface area contributed by atoms with Crippen LogP contribution < -0.4 is 24.8 Å². The molecule has 0 saturated carbocycles. The molecule has 0 bridgehead atoms. The maximum absolute atomic E-state index is 10.3. The van der Waals surface area contributed by atoms with E-state index in [9.17, 15) is 5.11 Å². The summed E-state index contributed by atoms with van der Waals surface area (Å²) in [5.74, 6) is 2.03. The Labute approximate surface area is 130 Å². The fourth-order valence-electron chi connectivity index (χ4n) is 2.83. The van der Waals surface area contributed by atoms with Gasteiger partial charge in [0.05, 0.1) is 7.11 Å². The van der Waals surface area contributed by atoms with Crippen molar-refractivity contribution in [1.29, 1.82) is 0 Å². The van der Waals surface area contributed by atoms with Crippen LogP contribution in [-0.4, -0.2) is 56.7 Å². The molecule has 0 aliphatic carbocycles. The Morgan fingerprint density at radius 3 is 2.95 bits per heavy atom. The predicted molar refractivity (Wildman–Crippen MR) is 82.8 cm³/mol. The molecule has 6 nitrogen and oxygen atoms in total. The lowest BCUT2D eigenvalue weighted by molar-refractivity contribution is -0.0106. The monoisotopic (exact) mass is 308 g/mol. The Morgan fingerprint density at radius 1 is 1.36 bits per heavy atom. The van der Waals surface area contributed by atoms with Crippen LogP contribution in [0.3, 0.4) is 0 Å². The zero-order valence-corrected chi connectivity index (χ0v) is 12.9. The molecule has 6 heteroatoms. The minimum Gasteiger partial charge on any atom is -0.497 e. The highest BCUT2D eigenvalue weighted by atomic mass is 16.6. The molecule has 1 saturated heterocycles. The number of piperidine rings is 1. The molecule has 1 aromatic carbocycles. The average molecular weight is 308 g/mol. The van der Waals surface area contributed by atoms with Gasteiger partial charge in [0.15, 0.2) is 17.6 Å². The van der Waals surface area contributed by atoms with Crippen molar-refractivity contribution in [1.82, 2.24) is 10.6 Å². The zero-order valence-electron chi connectivity index (χ0n) is 12.9. The molecule has 0 amide bonds. The fraction of sp³-hybridized carbons (Fsp3) is 0.625. The standard InChI is InChI=1S/C16H24N2O4/c1-20-12-2-3-14-15(8-12)22-16(10-21-14)13(19)9-18-11-4-6-17-7-5-11/h2-3,8,11,13,16-19H,4-7,9-10H2,1H3. The first kappa shape index (κ1) is 15.4. The maximum Gasteiger partial charge on any atom is 0.165 e. The molecule has 2 unspecified atom stereocenters. The summed E-state index contributed by atoms with van der Waals surface area (Å²) in [6.45, 7) is 2.93. The smallest absolute Gasteiger partial charge is 0.165 e. The van der Waals surface area contributed by atoms with Crippen LogP contribution in [0.1, 0.15) is 12.8 Å². The highest BCUT2D eigenvalue weighted by molar-refractivity contribution is 5.46. The number of aliphatic hydroxyl groups is 1. The van der Waals surface area contributed by atoms with Crippen molar-refractivity contribution >= 4 is 0 Å². The SMILES string of the molecule is COc1ccc2c(c1)OC(C(O)CNC1CCNCC1)CO2. The minimum absolute atomic E-state index is 0.356. The van der Waals surface area contributed by atoms with Crippen molar-refractivity contribution < 1.29 is 19.3 Å². The quantitative estimate of drug-likeness (QED) is 0.737. The third-order valence-corrected chi connectivity index (χ3v) is 4.22. The topological polar surface area (TPSA) is 72.0 Å². The summed E-state index contributed by atoms with van der Waals surface area (Å²) in [6.07, 6.45) is 1.21. The third kappa shape index (κ3) is 3.63. The lowest BCUT2D eigenvalue weighted by Crippen LogP contribution is -2.48. The number of aliphatic hydroxyl groups excluding tert-OH is 1. The second kappa shape index (κ2) is 7.17. The Balaban J connectivity index is 1.53. The number of methoxy groups -OCH3 is 1. The molecule has 2 aliphatic heterocycles. The Morgan fingerprint density at radius 2 is 2.18 bits per heavy atom. The lowest BCUT2D eigenvalue weighted by atomic mass is 10.1. The summed E-state index contributed by atoms with van der Waals surface area (Å²) < 4.78 is 16.7. The summed E-state index contributed by atoms with van der Waals surface area (Å²) in [5, 5.41) is 17.1. The van der Waals surface area contributed by atoms with Gasteiger partial charge < -0.3 is 30.0 Å². The van der Waals surface area contributed by atoms with Crippen molar-refractivity contribution in [3.63, 3.8) is 0 Å². The van der Waals surface area contributed by atoms with Crippen LogP contribution in [0.25, 0.3) is 0 Å². The van der Waals surface area contributed by atoms with Gasteiger partial charge in [0.1, 0.15) is 18.5 Å². The molecule has 1 fully saturated rings. The Bertz CT molecular complexity index is 491. The molecule has 2 atom stereocenters. The van der Waals surface area contributed by atoms with Gasteiger partial charge in [0.2, 0.25) is 0 Å². The molecule has 22 heavy (non-hydrogen) atoms. The van der Waals surface area contributed by atoms with Crippen LogP contribution >= 0.6 is 0 Å². The molecular formula is C16H24N2O4. The summed E-state index contributed by atoms with van der Waals surface area (Å²) >= 11 is 0. The van der Waals surface area contributed by atoms with Gasteiger partial charge in [0.25, 0.3) is 0 Å². The molecule has 1 aromatic rings. The van der Waals surface area contributed by atoms with Crippen LogP contribution in [0.4, 0.5) is 0 Å². The van der Waals surface area contributed by atoms with Crippen molar-refractivity contribution in [2.45, 2.75) is 31.1 Å². The van der Waals surface area contributed by atoms with Crippen LogP contribution in [0, 0.1) is 0 Å². The number of hydrogen-bond donors (Lipinski definition) is 3. The van der Waals surface area contributed by atoms with Gasteiger partial charge >= 0.3 is 0 Å². The molecule has 122 valence electrons. The number of benzene rings is 1. The van der Waals surface area contributed by atoms with Gasteiger partial charge in [-0.05, 0) is 38.1 Å². The van der Waals surface area contributed by atoms with Gasteiger partial charge in [0, 0.05) is 18.7 Å². The second-order valence-corrected chi connectivity index (χ2v) is 5.78. The summed E-state index contributed by atoms with van der Waals surface area (Å²) in [5.41, 5.74) is 0. The van der Waals surface area contributed by atoms with Gasteiger partial charge in [-0.15, -0.1) is 0 Å². The molecule has 0 radical (unpaired) electrons. The number of ether oxygens (including phenoxy) is 3. The second-order valence-electron chi connectivity index (χ2n) is 5.78. The largest absolute Gasteiger partial charge is 0.497 e. The maximum atomic E-state index is 10.3. The molecular weight excluding hydrogens is 284 g/mol. The van der Waals surface area contributed by atoms with Crippen molar-refractivity contribution in [2.75, 3.05) is 33.4 Å². The summed E-state index contributed by atoms with van der Waals surface area (Å²) in [6, 6.07) is 5.91. The molecule has 2 aliphatic rings. The Hall–Kier alpha value is -1.50. The van der Waals surface area contributed by atoms with Crippen molar-refractivity contribution in [3.8, 4) is 17.2 Å². The number of hydrogen-bond acceptors (Lipinski definition) is 6. The van der Waals surface area contributed by atoms with Crippen LogP contribution in [0.5, 0.6) is 17.2 Å². The first-order valence-electron chi connectivity index (χ1n) is 7.86. The van der Waals surface area contributed by atoms with Crippen LogP contribution in [0.15, 0.2) is 18.2 Å². The third-order valence-electron chi connectivity index (χ3n) is 4.22. The number of nitrogens with one attached hydrogen (secondary N) is 2. The van der Waals surface area contributed by atoms with E-state index in [1.165, 1.54) is 0 Å². The lowest BCUT2D eigenvalue weighted by Gasteiger charge is -2.31. The van der Waals surface area contributed by atoms with Gasteiger partial charge in [-0.2, -0.15) is 0 Å². The predicted octanol–water partition coefficient (Wildman–Crippen LogP) is 0.538. The van der Waals surface area contributed by atoms with Crippen LogP contribution in [0.2, 0.25) is 0 Å². The normalized spacial score (nSPS) is 23.1. The highest BCUT2D eigenvalue weighted by Crippen LogP contribution is 2.35. The zero-order chi connectivity index (χ0) is 15.4. The first-order chi connectivity index (χ1) is 10.8. The first-order valence-corrected chi connectivity index (χ1v) is 7.86. The van der Waals surface area contributed by atoms with E-state index in [2.05, 4.69) is 10.6 Å². The Kier molecular flexibility index (Phi) is 5.02. The van der Waals surface area contributed by atoms with E-state index in [-0.39, 0.29) is 6.10 Å². The van der Waals surface area contributed by atoms with Crippen molar-refractivity contribution in [2.24, 2.45) is 0 Å². The number of rotatable bonds is 5. The van der Waals surface area contributed by atoms with E-state index in [0.29, 0.717) is 36.4 Å². The van der Waals surface area contributed by atoms with Gasteiger partial charge in [-0.25, -0.2) is 0 Å². The van der Waals surface area contributed by atoms with E-state index in [1.54, 1.807) is 13.2 Å². The molecule has 3 N–H and O–H groups in total. The molecule has 2 heterocycles. The van der Waals surface area contributed by atoms with Gasteiger partial charge in [-0.3, -0.25) is 0 Å². The average Bonchev–Trinajstić information content (AvgIpc) is 2.59. The van der Waals surface area contributed by atoms with Crippen LogP contribution in [-0.2, 0) is 0 Å². The van der Waals surface area contributed by atoms with E-state index >= 15 is 0 Å². The minimum atomic E-state index is -0.603. The van der Waals surface area contributed by atoms with E-state index in [0.717, 1.165) is 25.9 Å². The van der Waals surface area contributed by atoms with E-state index < -0.39 is 6.10 Å². The van der Waals surface area contributed by atoms with Gasteiger partial charge in [-0.1, -0.05) is 0 Å². The van der Waals surface area contributed by atoms with E-state index in [4.69, 9.17) is 14.2 Å².